The minimum atomic E-state index is -5.42. The van der Waals surface area contributed by atoms with Gasteiger partial charge in [-0.25, -0.2) is 0 Å². The zero-order chi connectivity index (χ0) is 9.99. The SMILES string of the molecule is C[S+](C)Cl.[Cl][Sb-]([Cl])([Cl])([Cl])([Cl])[Cl]. The predicted octanol–water partition coefficient (Wildman–Crippen LogP) is 4.77. The fourth-order valence-electron chi connectivity index (χ4n) is 0. The molecule has 11 heavy (non-hydrogen) atoms. The predicted molar refractivity (Wildman–Crippen MR) is 65.9 cm³/mol. The van der Waals surface area contributed by atoms with Gasteiger partial charge in [0.15, 0.2) is 10.7 Å². The van der Waals surface area contributed by atoms with Crippen molar-refractivity contribution < 1.29 is 0 Å². The van der Waals surface area contributed by atoms with Gasteiger partial charge in [0.25, 0.3) is 0 Å². The summed E-state index contributed by atoms with van der Waals surface area (Å²) in [5.41, 5.74) is 0. The molecule has 0 bridgehead atoms. The third kappa shape index (κ3) is 162. The molecule has 0 spiro atoms. The van der Waals surface area contributed by atoms with Crippen molar-refractivity contribution in [3.63, 3.8) is 0 Å². The molecule has 0 nitrogen and oxygen atoms in total. The molecule has 9 heteroatoms. The van der Waals surface area contributed by atoms with Crippen molar-refractivity contribution in [2.75, 3.05) is 12.5 Å². The van der Waals surface area contributed by atoms with Crippen LogP contribution in [-0.4, -0.2) is 21.7 Å². The van der Waals surface area contributed by atoms with E-state index in [0.29, 0.717) is 0 Å². The number of hydrogen-bond acceptors (Lipinski definition) is 0. The summed E-state index contributed by atoms with van der Waals surface area (Å²) in [6, 6.07) is 0. The Balaban J connectivity index is 0. The fourth-order valence-corrected chi connectivity index (χ4v) is 0. The van der Waals surface area contributed by atoms with Crippen LogP contribution in [0.5, 0.6) is 0 Å². The maximum atomic E-state index is 5.30. The van der Waals surface area contributed by atoms with Gasteiger partial charge < -0.3 is 0 Å². The van der Waals surface area contributed by atoms with Gasteiger partial charge in [0.1, 0.15) is 12.5 Å². The Morgan fingerprint density at radius 2 is 0.818 bits per heavy atom. The third-order valence-corrected chi connectivity index (χ3v) is 0. The van der Waals surface area contributed by atoms with Crippen LogP contribution in [0.3, 0.4) is 0 Å². The molecule has 0 aromatic heterocycles. The Hall–Kier alpha value is 3.20. The van der Waals surface area contributed by atoms with E-state index in [1.807, 2.05) is 12.5 Å². The van der Waals surface area contributed by atoms with Crippen molar-refractivity contribution in [1.82, 2.24) is 0 Å². The molecule has 0 rings (SSSR count). The van der Waals surface area contributed by atoms with E-state index in [4.69, 9.17) is 63.7 Å². The van der Waals surface area contributed by atoms with Gasteiger partial charge in [-0.15, -0.1) is 0 Å². The number of halogens is 7. The van der Waals surface area contributed by atoms with Crippen LogP contribution < -0.4 is 0 Å². The molecular weight excluding hydrogens is 426 g/mol. The zero-order valence-corrected chi connectivity index (χ0v) is 14.2. The van der Waals surface area contributed by atoms with Crippen molar-refractivity contribution in [2.45, 2.75) is 0 Å². The van der Waals surface area contributed by atoms with Gasteiger partial charge in [-0.05, 0) is 0 Å². The van der Waals surface area contributed by atoms with Crippen molar-refractivity contribution in [3.8, 4) is 0 Å². The van der Waals surface area contributed by atoms with Gasteiger partial charge in [-0.1, -0.05) is 0 Å². The van der Waals surface area contributed by atoms with E-state index >= 15 is 0 Å². The fraction of sp³-hybridized carbons (Fsp3) is 1.00. The van der Waals surface area contributed by atoms with E-state index in [-0.39, 0.29) is 10.1 Å². The van der Waals surface area contributed by atoms with E-state index in [9.17, 15) is 0 Å². The Labute approximate surface area is 93.7 Å². The number of hydrogen-bond donors (Lipinski definition) is 0. The monoisotopic (exact) mass is 428 g/mol. The summed E-state index contributed by atoms with van der Waals surface area (Å²) in [5.74, 6) is 0. The molecule has 0 aliphatic carbocycles. The zero-order valence-electron chi connectivity index (χ0n) is 5.50. The molecule has 0 radical (unpaired) electrons. The van der Waals surface area contributed by atoms with Gasteiger partial charge >= 0.3 is 62.1 Å². The Kier molecular flexibility index (Phi) is 6.60. The van der Waals surface area contributed by atoms with Crippen LogP contribution in [0.25, 0.3) is 0 Å². The molecule has 0 aromatic carbocycles. The van der Waals surface area contributed by atoms with E-state index in [1.54, 1.807) is 0 Å². The minimum absolute atomic E-state index is 0.111. The maximum absolute atomic E-state index is 5.42. The average molecular weight is 432 g/mol. The summed E-state index contributed by atoms with van der Waals surface area (Å²) in [6.45, 7) is 0. The molecule has 0 aliphatic rings. The molecule has 0 saturated carbocycles. The first kappa shape index (κ1) is 16.6. The molecular formula is C2H6Cl7SSb. The molecule has 0 atom stereocenters. The normalized spacial score (nSPS) is 18.0. The molecule has 0 N–H and O–H groups in total. The number of rotatable bonds is 0. The molecule has 0 unspecified atom stereocenters. The molecule has 0 aromatic rings. The molecule has 74 valence electrons. The second-order valence-corrected chi connectivity index (χ2v) is 61.9. The van der Waals surface area contributed by atoms with Gasteiger partial charge in [-0.2, -0.15) is 0 Å². The van der Waals surface area contributed by atoms with Crippen LogP contribution in [0, 0.1) is 0 Å². The molecule has 0 amide bonds. The summed E-state index contributed by atoms with van der Waals surface area (Å²) in [6.07, 6.45) is 3.92. The second kappa shape index (κ2) is 4.37. The van der Waals surface area contributed by atoms with E-state index in [2.05, 4.69) is 0 Å². The van der Waals surface area contributed by atoms with Crippen LogP contribution in [0.4, 0.5) is 0 Å². The third-order valence-electron chi connectivity index (χ3n) is 0. The van der Waals surface area contributed by atoms with E-state index in [1.165, 1.54) is 0 Å². The van der Waals surface area contributed by atoms with Crippen molar-refractivity contribution in [1.29, 1.82) is 0 Å². The van der Waals surface area contributed by atoms with Gasteiger partial charge in [0, 0.05) is 0 Å². The molecule has 0 fully saturated rings. The summed E-state index contributed by atoms with van der Waals surface area (Å²) in [7, 11) is 30.4. The van der Waals surface area contributed by atoms with Crippen LogP contribution in [0.15, 0.2) is 0 Å². The first-order valence-corrected chi connectivity index (χ1v) is 24.2. The summed E-state index contributed by atoms with van der Waals surface area (Å²) < 4.78 is 0. The van der Waals surface area contributed by atoms with E-state index < -0.39 is 9.14 Å². The van der Waals surface area contributed by atoms with Crippen molar-refractivity contribution in [2.24, 2.45) is 0 Å². The van der Waals surface area contributed by atoms with Crippen LogP contribution in [0.2, 0.25) is 0 Å². The summed E-state index contributed by atoms with van der Waals surface area (Å²) in [5, 5.41) is 0. The van der Waals surface area contributed by atoms with Gasteiger partial charge in [-0.3, -0.25) is 0 Å². The summed E-state index contributed by atoms with van der Waals surface area (Å²) in [4.78, 5) is 0. The molecule has 0 aliphatic heterocycles. The van der Waals surface area contributed by atoms with Crippen molar-refractivity contribution >= 4 is 82.9 Å². The van der Waals surface area contributed by atoms with E-state index in [0.717, 1.165) is 0 Å². The molecule has 0 saturated heterocycles. The quantitative estimate of drug-likeness (QED) is 0.382. The Morgan fingerprint density at radius 3 is 0.818 bits per heavy atom. The first-order valence-electron chi connectivity index (χ1n) is 1.98. The average Bonchev–Trinajstić information content (AvgIpc) is 1.11. The topological polar surface area (TPSA) is 0 Å². The van der Waals surface area contributed by atoms with Gasteiger partial charge in [0.05, 0.1) is 10.1 Å². The van der Waals surface area contributed by atoms with Crippen LogP contribution in [0.1, 0.15) is 0 Å². The Morgan fingerprint density at radius 1 is 0.818 bits per heavy atom. The van der Waals surface area contributed by atoms with Crippen LogP contribution >= 0.6 is 63.7 Å². The van der Waals surface area contributed by atoms with Crippen LogP contribution in [-0.2, 0) is 10.1 Å². The second-order valence-electron chi connectivity index (χ2n) is 1.68. The molecule has 0 heterocycles. The van der Waals surface area contributed by atoms with Crippen molar-refractivity contribution in [3.05, 3.63) is 0 Å². The standard InChI is InChI=1S/C2H6ClS.6ClH.Sb/c1-4(2)3;;;;;;;/h1-2H3;6*1H;/q+1;;;;;;;+5/p-6. The summed E-state index contributed by atoms with van der Waals surface area (Å²) >= 11 is 0. The van der Waals surface area contributed by atoms with Gasteiger partial charge in [0.2, 0.25) is 0 Å². The Bertz CT molecular complexity index is 103. The first-order chi connectivity index (χ1) is 4.18.